The second-order valence-corrected chi connectivity index (χ2v) is 8.98. The average molecular weight is 535 g/mol. The molecule has 1 aliphatic rings. The van der Waals surface area contributed by atoms with Gasteiger partial charge in [-0.3, -0.25) is 14.9 Å². The molecule has 0 aromatic heterocycles. The Labute approximate surface area is 226 Å². The molecule has 204 valence electrons. The van der Waals surface area contributed by atoms with Gasteiger partial charge in [0.25, 0.3) is 11.6 Å². The zero-order chi connectivity index (χ0) is 28.1. The number of carbonyl (C=O) groups is 2. The van der Waals surface area contributed by atoms with Gasteiger partial charge in [-0.25, -0.2) is 4.79 Å². The highest BCUT2D eigenvalue weighted by Gasteiger charge is 2.34. The summed E-state index contributed by atoms with van der Waals surface area (Å²) in [6.07, 6.45) is 0.556. The number of amides is 1. The fourth-order valence-corrected chi connectivity index (χ4v) is 4.63. The summed E-state index contributed by atoms with van der Waals surface area (Å²) in [5.41, 5.74) is 2.80. The fourth-order valence-electron chi connectivity index (χ4n) is 4.63. The summed E-state index contributed by atoms with van der Waals surface area (Å²) >= 11 is 0. The second kappa shape index (κ2) is 11.8. The van der Waals surface area contributed by atoms with Gasteiger partial charge in [-0.05, 0) is 73.9 Å². The standard InChI is InChI=1S/C29H30N2O8/c1-5-38-29(33)19-8-10-22(11-9-19)39-17-25-23-16-27(37-4)26(36-3)15-20(23)12-13-30(25)28(32)21-7-6-18(2)24(14-21)31(34)35/h6-11,14-16,25H,5,12-13,17H2,1-4H3. The predicted molar refractivity (Wildman–Crippen MR) is 143 cm³/mol. The summed E-state index contributed by atoms with van der Waals surface area (Å²) < 4.78 is 22.1. The number of ether oxygens (including phenoxy) is 4. The van der Waals surface area contributed by atoms with E-state index >= 15 is 0 Å². The number of hydrogen-bond donors (Lipinski definition) is 0. The maximum atomic E-state index is 13.7. The van der Waals surface area contributed by atoms with E-state index in [1.165, 1.54) is 13.2 Å². The molecule has 1 aliphatic heterocycles. The molecule has 0 saturated heterocycles. The Balaban J connectivity index is 1.67. The Kier molecular flexibility index (Phi) is 8.33. The van der Waals surface area contributed by atoms with Gasteiger partial charge >= 0.3 is 5.97 Å². The molecule has 0 spiro atoms. The summed E-state index contributed by atoms with van der Waals surface area (Å²) in [4.78, 5) is 38.4. The van der Waals surface area contributed by atoms with Crippen molar-refractivity contribution in [1.82, 2.24) is 4.90 Å². The van der Waals surface area contributed by atoms with E-state index in [9.17, 15) is 19.7 Å². The van der Waals surface area contributed by atoms with Crippen LogP contribution in [0.5, 0.6) is 17.2 Å². The molecular formula is C29H30N2O8. The van der Waals surface area contributed by atoms with Crippen LogP contribution in [0.2, 0.25) is 0 Å². The van der Waals surface area contributed by atoms with Crippen LogP contribution in [-0.2, 0) is 11.2 Å². The van der Waals surface area contributed by atoms with Gasteiger partial charge in [0.15, 0.2) is 11.5 Å². The first kappa shape index (κ1) is 27.4. The molecule has 39 heavy (non-hydrogen) atoms. The van der Waals surface area contributed by atoms with Crippen molar-refractivity contribution in [3.8, 4) is 17.2 Å². The van der Waals surface area contributed by atoms with E-state index < -0.39 is 16.9 Å². The van der Waals surface area contributed by atoms with Crippen LogP contribution in [0.3, 0.4) is 0 Å². The molecule has 10 nitrogen and oxygen atoms in total. The topological polar surface area (TPSA) is 117 Å². The minimum atomic E-state index is -0.522. The molecule has 3 aromatic carbocycles. The lowest BCUT2D eigenvalue weighted by Gasteiger charge is -2.37. The number of nitro groups is 1. The van der Waals surface area contributed by atoms with Crippen LogP contribution < -0.4 is 14.2 Å². The Hall–Kier alpha value is -4.60. The van der Waals surface area contributed by atoms with Gasteiger partial charge in [0, 0.05) is 23.7 Å². The largest absolute Gasteiger partial charge is 0.493 e. The Morgan fingerprint density at radius 3 is 2.31 bits per heavy atom. The highest BCUT2D eigenvalue weighted by Crippen LogP contribution is 2.39. The van der Waals surface area contributed by atoms with Crippen molar-refractivity contribution < 1.29 is 33.5 Å². The molecule has 0 aliphatic carbocycles. The maximum absolute atomic E-state index is 13.7. The Bertz CT molecular complexity index is 1390. The first-order chi connectivity index (χ1) is 18.8. The average Bonchev–Trinajstić information content (AvgIpc) is 2.95. The van der Waals surface area contributed by atoms with Gasteiger partial charge in [-0.1, -0.05) is 6.07 Å². The van der Waals surface area contributed by atoms with Crippen molar-refractivity contribution in [2.24, 2.45) is 0 Å². The molecule has 1 amide bonds. The van der Waals surface area contributed by atoms with E-state index in [0.29, 0.717) is 41.3 Å². The summed E-state index contributed by atoms with van der Waals surface area (Å²) in [5, 5.41) is 11.5. The van der Waals surface area contributed by atoms with Crippen LogP contribution in [0, 0.1) is 17.0 Å². The zero-order valence-electron chi connectivity index (χ0n) is 22.3. The van der Waals surface area contributed by atoms with Crippen LogP contribution in [0.1, 0.15) is 50.4 Å². The molecule has 0 radical (unpaired) electrons. The van der Waals surface area contributed by atoms with Crippen LogP contribution in [0.4, 0.5) is 5.69 Å². The van der Waals surface area contributed by atoms with E-state index in [2.05, 4.69) is 0 Å². The van der Waals surface area contributed by atoms with Gasteiger partial charge in [-0.15, -0.1) is 0 Å². The van der Waals surface area contributed by atoms with Crippen LogP contribution in [-0.4, -0.2) is 55.7 Å². The number of methoxy groups -OCH3 is 2. The lowest BCUT2D eigenvalue weighted by molar-refractivity contribution is -0.385. The third-order valence-corrected chi connectivity index (χ3v) is 6.69. The molecule has 0 saturated carbocycles. The predicted octanol–water partition coefficient (Wildman–Crippen LogP) is 4.92. The molecule has 4 rings (SSSR count). The maximum Gasteiger partial charge on any atom is 0.338 e. The number of carbonyl (C=O) groups excluding carboxylic acids is 2. The minimum Gasteiger partial charge on any atom is -0.493 e. The Morgan fingerprint density at radius 2 is 1.67 bits per heavy atom. The third-order valence-electron chi connectivity index (χ3n) is 6.69. The third kappa shape index (κ3) is 5.79. The fraction of sp³-hybridized carbons (Fsp3) is 0.310. The Morgan fingerprint density at radius 1 is 1.00 bits per heavy atom. The molecule has 1 atom stereocenters. The summed E-state index contributed by atoms with van der Waals surface area (Å²) in [6, 6.07) is 14.3. The minimum absolute atomic E-state index is 0.0981. The van der Waals surface area contributed by atoms with E-state index in [0.717, 1.165) is 11.1 Å². The SMILES string of the molecule is CCOC(=O)c1ccc(OCC2c3cc(OC)c(OC)cc3CCN2C(=O)c2ccc(C)c([N+](=O)[O-])c2)cc1. The number of fused-ring (bicyclic) bond motifs is 1. The lowest BCUT2D eigenvalue weighted by Crippen LogP contribution is -2.42. The van der Waals surface area contributed by atoms with Gasteiger partial charge in [0.2, 0.25) is 0 Å². The smallest absolute Gasteiger partial charge is 0.338 e. The molecular weight excluding hydrogens is 504 g/mol. The number of benzene rings is 3. The lowest BCUT2D eigenvalue weighted by atomic mass is 9.91. The molecule has 10 heteroatoms. The second-order valence-electron chi connectivity index (χ2n) is 8.98. The molecule has 1 heterocycles. The number of nitrogens with zero attached hydrogens (tertiary/aromatic N) is 2. The summed E-state index contributed by atoms with van der Waals surface area (Å²) in [6.45, 7) is 4.12. The molecule has 0 bridgehead atoms. The molecule has 0 N–H and O–H groups in total. The molecule has 0 fully saturated rings. The normalized spacial score (nSPS) is 14.3. The molecule has 1 unspecified atom stereocenters. The van der Waals surface area contributed by atoms with Crippen LogP contribution >= 0.6 is 0 Å². The summed E-state index contributed by atoms with van der Waals surface area (Å²) in [7, 11) is 3.10. The van der Waals surface area contributed by atoms with Crippen molar-refractivity contribution in [2.75, 3.05) is 34.0 Å². The van der Waals surface area contributed by atoms with Gasteiger partial charge in [0.1, 0.15) is 12.4 Å². The first-order valence-electron chi connectivity index (χ1n) is 12.5. The highest BCUT2D eigenvalue weighted by atomic mass is 16.6. The zero-order valence-corrected chi connectivity index (χ0v) is 22.3. The van der Waals surface area contributed by atoms with E-state index in [1.807, 2.05) is 12.1 Å². The van der Waals surface area contributed by atoms with Gasteiger partial charge < -0.3 is 23.8 Å². The van der Waals surface area contributed by atoms with Crippen LogP contribution in [0.15, 0.2) is 54.6 Å². The monoisotopic (exact) mass is 534 g/mol. The summed E-state index contributed by atoms with van der Waals surface area (Å²) in [5.74, 6) is 0.841. The van der Waals surface area contributed by atoms with Gasteiger partial charge in [0.05, 0.1) is 37.4 Å². The van der Waals surface area contributed by atoms with Gasteiger partial charge in [-0.2, -0.15) is 0 Å². The van der Waals surface area contributed by atoms with Crippen LogP contribution in [0.25, 0.3) is 0 Å². The number of rotatable bonds is 9. The number of esters is 1. The van der Waals surface area contributed by atoms with Crippen molar-refractivity contribution in [3.63, 3.8) is 0 Å². The van der Waals surface area contributed by atoms with E-state index in [-0.39, 0.29) is 30.4 Å². The first-order valence-corrected chi connectivity index (χ1v) is 12.5. The van der Waals surface area contributed by atoms with Crippen molar-refractivity contribution in [2.45, 2.75) is 26.3 Å². The van der Waals surface area contributed by atoms with Crippen molar-refractivity contribution in [1.29, 1.82) is 0 Å². The number of hydrogen-bond acceptors (Lipinski definition) is 8. The number of nitro benzene ring substituents is 1. The van der Waals surface area contributed by atoms with E-state index in [1.54, 1.807) is 62.3 Å². The number of aryl methyl sites for hydroxylation is 1. The quantitative estimate of drug-likeness (QED) is 0.216. The highest BCUT2D eigenvalue weighted by molar-refractivity contribution is 5.95. The van der Waals surface area contributed by atoms with Crippen molar-refractivity contribution >= 4 is 17.6 Å². The molecule has 3 aromatic rings. The van der Waals surface area contributed by atoms with E-state index in [4.69, 9.17) is 18.9 Å². The van der Waals surface area contributed by atoms with Crippen molar-refractivity contribution in [3.05, 3.63) is 92.5 Å².